The van der Waals surface area contributed by atoms with E-state index in [1.54, 1.807) is 0 Å². The molecule has 0 amide bonds. The fourth-order valence-electron chi connectivity index (χ4n) is 2.23. The third-order valence-corrected chi connectivity index (χ3v) is 4.88. The topological polar surface area (TPSA) is 51.0 Å². The number of nitrogens with one attached hydrogen (secondary N) is 1. The summed E-state index contributed by atoms with van der Waals surface area (Å²) in [6.07, 6.45) is 2.12. The molecule has 0 radical (unpaired) electrons. The molecule has 1 fully saturated rings. The highest BCUT2D eigenvalue weighted by molar-refractivity contribution is 14.1. The van der Waals surface area contributed by atoms with Gasteiger partial charge in [0.25, 0.3) is 5.89 Å². The van der Waals surface area contributed by atoms with Gasteiger partial charge in [-0.05, 0) is 66.7 Å². The second kappa shape index (κ2) is 5.76. The number of halogens is 2. The smallest absolute Gasteiger partial charge is 0.257 e. The van der Waals surface area contributed by atoms with Crippen LogP contribution in [-0.4, -0.2) is 23.2 Å². The molecule has 1 aliphatic heterocycles. The molecule has 0 unspecified atom stereocenters. The Hall–Kier alpha value is -0.660. The van der Waals surface area contributed by atoms with Gasteiger partial charge < -0.3 is 9.84 Å². The number of nitrogens with zero attached hydrogens (tertiary/aromatic N) is 2. The molecule has 1 saturated heterocycles. The predicted octanol–water partition coefficient (Wildman–Crippen LogP) is 3.46. The second-order valence-electron chi connectivity index (χ2n) is 4.61. The van der Waals surface area contributed by atoms with Crippen molar-refractivity contribution in [3.05, 3.63) is 32.6 Å². The van der Waals surface area contributed by atoms with Gasteiger partial charge in [-0.25, -0.2) is 0 Å². The summed E-state index contributed by atoms with van der Waals surface area (Å²) in [5, 5.41) is 8.15. The van der Waals surface area contributed by atoms with Gasteiger partial charge in [0.2, 0.25) is 0 Å². The van der Waals surface area contributed by atoms with Gasteiger partial charge in [0.1, 0.15) is 0 Å². The van der Waals surface area contributed by atoms with E-state index in [0.29, 0.717) is 16.8 Å². The number of hydrogen-bond donors (Lipinski definition) is 1. The zero-order chi connectivity index (χ0) is 13.2. The normalized spacial score (nSPS) is 16.7. The van der Waals surface area contributed by atoms with E-state index in [9.17, 15) is 0 Å². The summed E-state index contributed by atoms with van der Waals surface area (Å²) in [5.74, 6) is 1.76. The maximum atomic E-state index is 6.11. The van der Waals surface area contributed by atoms with E-state index in [-0.39, 0.29) is 0 Å². The van der Waals surface area contributed by atoms with Crippen molar-refractivity contribution in [2.45, 2.75) is 18.8 Å². The predicted molar refractivity (Wildman–Crippen MR) is 82.3 cm³/mol. The molecule has 0 aliphatic carbocycles. The average molecular weight is 390 g/mol. The molecule has 2 aromatic rings. The van der Waals surface area contributed by atoms with Crippen LogP contribution in [0.4, 0.5) is 0 Å². The third kappa shape index (κ3) is 2.93. The Morgan fingerprint density at radius 3 is 2.84 bits per heavy atom. The summed E-state index contributed by atoms with van der Waals surface area (Å²) in [6, 6.07) is 5.77. The number of aromatic nitrogens is 2. The van der Waals surface area contributed by atoms with Gasteiger partial charge >= 0.3 is 0 Å². The Balaban J connectivity index is 1.85. The van der Waals surface area contributed by atoms with Crippen LogP contribution in [-0.2, 0) is 0 Å². The summed E-state index contributed by atoms with van der Waals surface area (Å²) in [4.78, 5) is 4.51. The van der Waals surface area contributed by atoms with Crippen molar-refractivity contribution in [2.75, 3.05) is 13.1 Å². The Morgan fingerprint density at radius 2 is 2.11 bits per heavy atom. The molecule has 0 atom stereocenters. The molecule has 3 rings (SSSR count). The molecule has 100 valence electrons. The highest BCUT2D eigenvalue weighted by Crippen LogP contribution is 2.28. The first-order chi connectivity index (χ1) is 9.24. The minimum absolute atomic E-state index is 0.401. The summed E-state index contributed by atoms with van der Waals surface area (Å²) >= 11 is 8.31. The summed E-state index contributed by atoms with van der Waals surface area (Å²) in [6.45, 7) is 2.04. The molecule has 0 spiro atoms. The van der Waals surface area contributed by atoms with E-state index in [2.05, 4.69) is 38.0 Å². The van der Waals surface area contributed by atoms with Crippen LogP contribution in [0.15, 0.2) is 22.7 Å². The Labute approximate surface area is 130 Å². The summed E-state index contributed by atoms with van der Waals surface area (Å²) in [5.41, 5.74) is 0.873. The molecular formula is C13H13ClIN3O. The van der Waals surface area contributed by atoms with Crippen molar-refractivity contribution in [3.63, 3.8) is 0 Å². The molecule has 1 aliphatic rings. The summed E-state index contributed by atoms with van der Waals surface area (Å²) < 4.78 is 6.37. The fraction of sp³-hybridized carbons (Fsp3) is 0.385. The average Bonchev–Trinajstić information content (AvgIpc) is 2.93. The van der Waals surface area contributed by atoms with E-state index in [4.69, 9.17) is 16.1 Å². The van der Waals surface area contributed by atoms with Gasteiger partial charge in [-0.1, -0.05) is 16.8 Å². The van der Waals surface area contributed by atoms with Crippen molar-refractivity contribution >= 4 is 34.2 Å². The highest BCUT2D eigenvalue weighted by Gasteiger charge is 2.21. The minimum Gasteiger partial charge on any atom is -0.334 e. The van der Waals surface area contributed by atoms with Crippen LogP contribution in [0.3, 0.4) is 0 Å². The molecule has 19 heavy (non-hydrogen) atoms. The maximum Gasteiger partial charge on any atom is 0.257 e. The van der Waals surface area contributed by atoms with Gasteiger partial charge in [-0.2, -0.15) is 4.98 Å². The van der Waals surface area contributed by atoms with Crippen LogP contribution in [0.1, 0.15) is 24.6 Å². The van der Waals surface area contributed by atoms with Crippen molar-refractivity contribution in [1.82, 2.24) is 15.5 Å². The molecule has 1 N–H and O–H groups in total. The molecule has 0 bridgehead atoms. The lowest BCUT2D eigenvalue weighted by atomic mass is 9.98. The van der Waals surface area contributed by atoms with E-state index < -0.39 is 0 Å². The Kier molecular flexibility index (Phi) is 4.04. The minimum atomic E-state index is 0.401. The van der Waals surface area contributed by atoms with Gasteiger partial charge in [-0.15, -0.1) is 0 Å². The Bertz CT molecular complexity index is 581. The molecule has 6 heteroatoms. The number of hydrogen-bond acceptors (Lipinski definition) is 4. The third-order valence-electron chi connectivity index (χ3n) is 3.31. The SMILES string of the molecule is Clc1cc(-c2nc(C3CCNCC3)no2)ccc1I. The van der Waals surface area contributed by atoms with Gasteiger partial charge in [0.05, 0.1) is 5.02 Å². The lowest BCUT2D eigenvalue weighted by Gasteiger charge is -2.18. The van der Waals surface area contributed by atoms with E-state index >= 15 is 0 Å². The number of benzene rings is 1. The highest BCUT2D eigenvalue weighted by atomic mass is 127. The lowest BCUT2D eigenvalue weighted by molar-refractivity contribution is 0.392. The first-order valence-corrected chi connectivity index (χ1v) is 7.69. The van der Waals surface area contributed by atoms with Crippen molar-refractivity contribution in [3.8, 4) is 11.5 Å². The van der Waals surface area contributed by atoms with E-state index in [0.717, 1.165) is 40.9 Å². The second-order valence-corrected chi connectivity index (χ2v) is 6.18. The lowest BCUT2D eigenvalue weighted by Crippen LogP contribution is -2.27. The largest absolute Gasteiger partial charge is 0.334 e. The van der Waals surface area contributed by atoms with Gasteiger partial charge in [0.15, 0.2) is 5.82 Å². The molecule has 1 aromatic carbocycles. The van der Waals surface area contributed by atoms with Crippen molar-refractivity contribution < 1.29 is 4.52 Å². The van der Waals surface area contributed by atoms with Crippen LogP contribution in [0, 0.1) is 3.57 Å². The molecule has 1 aromatic heterocycles. The summed E-state index contributed by atoms with van der Waals surface area (Å²) in [7, 11) is 0. The molecule has 2 heterocycles. The van der Waals surface area contributed by atoms with Gasteiger partial charge in [0, 0.05) is 15.1 Å². The zero-order valence-corrected chi connectivity index (χ0v) is 13.1. The van der Waals surface area contributed by atoms with Crippen LogP contribution in [0.5, 0.6) is 0 Å². The molecule has 4 nitrogen and oxygen atoms in total. The Morgan fingerprint density at radius 1 is 1.32 bits per heavy atom. The molecule has 0 saturated carbocycles. The first kappa shape index (κ1) is 13.3. The zero-order valence-electron chi connectivity index (χ0n) is 10.2. The van der Waals surface area contributed by atoms with Crippen molar-refractivity contribution in [2.24, 2.45) is 0 Å². The van der Waals surface area contributed by atoms with Gasteiger partial charge in [-0.3, -0.25) is 0 Å². The number of piperidine rings is 1. The fourth-order valence-corrected chi connectivity index (χ4v) is 2.74. The first-order valence-electron chi connectivity index (χ1n) is 6.24. The standard InChI is InChI=1S/C13H13ClIN3O/c14-10-7-9(1-2-11(10)15)13-17-12(18-19-13)8-3-5-16-6-4-8/h1-2,7-8,16H,3-6H2. The van der Waals surface area contributed by atoms with E-state index in [1.807, 2.05) is 18.2 Å². The van der Waals surface area contributed by atoms with E-state index in [1.165, 1.54) is 0 Å². The number of rotatable bonds is 2. The van der Waals surface area contributed by atoms with Crippen LogP contribution >= 0.6 is 34.2 Å². The quantitative estimate of drug-likeness (QED) is 0.799. The van der Waals surface area contributed by atoms with Crippen LogP contribution < -0.4 is 5.32 Å². The maximum absolute atomic E-state index is 6.11. The van der Waals surface area contributed by atoms with Crippen LogP contribution in [0.2, 0.25) is 5.02 Å². The molecular weight excluding hydrogens is 377 g/mol. The van der Waals surface area contributed by atoms with Crippen LogP contribution in [0.25, 0.3) is 11.5 Å². The monoisotopic (exact) mass is 389 g/mol. The van der Waals surface area contributed by atoms with Crippen molar-refractivity contribution in [1.29, 1.82) is 0 Å².